The molecule has 0 saturated heterocycles. The minimum Gasteiger partial charge on any atom is -0.313 e. The summed E-state index contributed by atoms with van der Waals surface area (Å²) >= 11 is 1.81. The molecule has 1 heterocycles. The van der Waals surface area contributed by atoms with Gasteiger partial charge in [-0.2, -0.15) is 5.10 Å². The van der Waals surface area contributed by atoms with Gasteiger partial charge >= 0.3 is 0 Å². The first-order valence-electron chi connectivity index (χ1n) is 7.59. The van der Waals surface area contributed by atoms with E-state index in [1.165, 1.54) is 21.8 Å². The summed E-state index contributed by atoms with van der Waals surface area (Å²) in [7, 11) is 2.04. The third-order valence-electron chi connectivity index (χ3n) is 3.85. The second kappa shape index (κ2) is 7.66. The van der Waals surface area contributed by atoms with Crippen molar-refractivity contribution in [1.29, 1.82) is 0 Å². The lowest BCUT2D eigenvalue weighted by atomic mass is 10.0. The Morgan fingerprint density at radius 3 is 2.67 bits per heavy atom. The highest BCUT2D eigenvalue weighted by atomic mass is 32.2. The Morgan fingerprint density at radius 1 is 1.29 bits per heavy atom. The predicted molar refractivity (Wildman–Crippen MR) is 91.0 cm³/mol. The SMILES string of the molecule is CCc1cc(CC(NC)c2ccccc2SC)n(CC)n1. The van der Waals surface area contributed by atoms with Crippen molar-refractivity contribution in [2.75, 3.05) is 13.3 Å². The van der Waals surface area contributed by atoms with Crippen LogP contribution in [0.25, 0.3) is 0 Å². The highest BCUT2D eigenvalue weighted by Crippen LogP contribution is 2.28. The third-order valence-corrected chi connectivity index (χ3v) is 4.66. The predicted octanol–water partition coefficient (Wildman–Crippen LogP) is 3.69. The summed E-state index contributed by atoms with van der Waals surface area (Å²) in [5, 5.41) is 8.12. The number of aryl methyl sites for hydroxylation is 2. The van der Waals surface area contributed by atoms with Gasteiger partial charge in [0.15, 0.2) is 0 Å². The average Bonchev–Trinajstić information content (AvgIpc) is 2.94. The van der Waals surface area contributed by atoms with Crippen molar-refractivity contribution in [1.82, 2.24) is 15.1 Å². The lowest BCUT2D eigenvalue weighted by Crippen LogP contribution is -2.21. The van der Waals surface area contributed by atoms with Gasteiger partial charge in [-0.05, 0) is 44.3 Å². The van der Waals surface area contributed by atoms with E-state index in [2.05, 4.69) is 65.5 Å². The Kier molecular flexibility index (Phi) is 5.88. The number of rotatable bonds is 7. The van der Waals surface area contributed by atoms with Crippen molar-refractivity contribution in [3.8, 4) is 0 Å². The van der Waals surface area contributed by atoms with E-state index in [1.54, 1.807) is 11.8 Å². The maximum absolute atomic E-state index is 4.65. The smallest absolute Gasteiger partial charge is 0.0624 e. The van der Waals surface area contributed by atoms with E-state index in [4.69, 9.17) is 0 Å². The van der Waals surface area contributed by atoms with Crippen LogP contribution in [0.4, 0.5) is 0 Å². The topological polar surface area (TPSA) is 29.9 Å². The maximum Gasteiger partial charge on any atom is 0.0624 e. The fourth-order valence-corrected chi connectivity index (χ4v) is 3.32. The van der Waals surface area contributed by atoms with Crippen molar-refractivity contribution < 1.29 is 0 Å². The van der Waals surface area contributed by atoms with Crippen LogP contribution < -0.4 is 5.32 Å². The molecule has 0 spiro atoms. The fraction of sp³-hybridized carbons (Fsp3) is 0.471. The van der Waals surface area contributed by atoms with Crippen LogP contribution in [0.3, 0.4) is 0 Å². The monoisotopic (exact) mass is 303 g/mol. The highest BCUT2D eigenvalue weighted by molar-refractivity contribution is 7.98. The molecule has 0 saturated carbocycles. The molecule has 0 aliphatic carbocycles. The molecule has 0 aliphatic heterocycles. The number of hydrogen-bond acceptors (Lipinski definition) is 3. The van der Waals surface area contributed by atoms with Gasteiger partial charge in [-0.25, -0.2) is 0 Å². The molecule has 21 heavy (non-hydrogen) atoms. The van der Waals surface area contributed by atoms with Gasteiger partial charge in [0.25, 0.3) is 0 Å². The molecule has 1 atom stereocenters. The number of aromatic nitrogens is 2. The summed E-state index contributed by atoms with van der Waals surface area (Å²) in [5.74, 6) is 0. The molecule has 0 bridgehead atoms. The lowest BCUT2D eigenvalue weighted by Gasteiger charge is -2.19. The Balaban J connectivity index is 2.28. The van der Waals surface area contributed by atoms with Crippen molar-refractivity contribution in [3.63, 3.8) is 0 Å². The Bertz CT molecular complexity index is 577. The first-order valence-corrected chi connectivity index (χ1v) is 8.81. The molecule has 2 aromatic rings. The van der Waals surface area contributed by atoms with Crippen LogP contribution in [0.2, 0.25) is 0 Å². The van der Waals surface area contributed by atoms with Crippen LogP contribution in [0.1, 0.15) is 36.8 Å². The average molecular weight is 303 g/mol. The number of benzene rings is 1. The molecule has 0 amide bonds. The molecule has 0 radical (unpaired) electrons. The van der Waals surface area contributed by atoms with Crippen molar-refractivity contribution in [2.45, 2.75) is 44.2 Å². The molecule has 2 rings (SSSR count). The molecular formula is C17H25N3S. The van der Waals surface area contributed by atoms with E-state index in [9.17, 15) is 0 Å². The van der Waals surface area contributed by atoms with E-state index < -0.39 is 0 Å². The zero-order chi connectivity index (χ0) is 15.2. The Labute approximate surface area is 132 Å². The largest absolute Gasteiger partial charge is 0.313 e. The number of likely N-dealkylation sites (N-methyl/N-ethyl adjacent to an activating group) is 1. The quantitative estimate of drug-likeness (QED) is 0.791. The number of thioether (sulfide) groups is 1. The first-order chi connectivity index (χ1) is 10.2. The molecule has 1 N–H and O–H groups in total. The van der Waals surface area contributed by atoms with E-state index in [0.717, 1.165) is 19.4 Å². The minimum atomic E-state index is 0.320. The molecule has 1 unspecified atom stereocenters. The van der Waals surface area contributed by atoms with Crippen LogP contribution >= 0.6 is 11.8 Å². The van der Waals surface area contributed by atoms with Gasteiger partial charge in [-0.15, -0.1) is 11.8 Å². The van der Waals surface area contributed by atoms with Gasteiger partial charge in [0.05, 0.1) is 5.69 Å². The van der Waals surface area contributed by atoms with Gasteiger partial charge in [0.2, 0.25) is 0 Å². The van der Waals surface area contributed by atoms with E-state index in [0.29, 0.717) is 6.04 Å². The van der Waals surface area contributed by atoms with Gasteiger partial charge in [0, 0.05) is 29.6 Å². The zero-order valence-electron chi connectivity index (χ0n) is 13.4. The molecule has 0 fully saturated rings. The molecule has 1 aromatic heterocycles. The normalized spacial score (nSPS) is 12.6. The molecule has 1 aromatic carbocycles. The van der Waals surface area contributed by atoms with Crippen LogP contribution in [0.5, 0.6) is 0 Å². The second-order valence-electron chi connectivity index (χ2n) is 5.08. The van der Waals surface area contributed by atoms with Crippen LogP contribution in [-0.2, 0) is 19.4 Å². The van der Waals surface area contributed by atoms with Crippen LogP contribution in [-0.4, -0.2) is 23.1 Å². The van der Waals surface area contributed by atoms with Gasteiger partial charge in [0.1, 0.15) is 0 Å². The number of hydrogen-bond donors (Lipinski definition) is 1. The zero-order valence-corrected chi connectivity index (χ0v) is 14.2. The van der Waals surface area contributed by atoms with Gasteiger partial charge < -0.3 is 5.32 Å². The van der Waals surface area contributed by atoms with Gasteiger partial charge in [-0.3, -0.25) is 4.68 Å². The van der Waals surface area contributed by atoms with Crippen molar-refractivity contribution in [2.24, 2.45) is 0 Å². The van der Waals surface area contributed by atoms with Crippen LogP contribution in [0, 0.1) is 0 Å². The molecule has 0 aliphatic rings. The van der Waals surface area contributed by atoms with E-state index in [1.807, 2.05) is 7.05 Å². The summed E-state index contributed by atoms with van der Waals surface area (Å²) in [6, 6.07) is 11.2. The summed E-state index contributed by atoms with van der Waals surface area (Å²) in [6.45, 7) is 5.24. The van der Waals surface area contributed by atoms with E-state index >= 15 is 0 Å². The minimum absolute atomic E-state index is 0.320. The summed E-state index contributed by atoms with van der Waals surface area (Å²) in [6.07, 6.45) is 4.09. The number of nitrogens with one attached hydrogen (secondary N) is 1. The molecule has 4 heteroatoms. The maximum atomic E-state index is 4.65. The Morgan fingerprint density at radius 2 is 2.05 bits per heavy atom. The Hall–Kier alpha value is -1.26. The highest BCUT2D eigenvalue weighted by Gasteiger charge is 2.16. The van der Waals surface area contributed by atoms with Crippen molar-refractivity contribution in [3.05, 3.63) is 47.3 Å². The first kappa shape index (κ1) is 16.1. The second-order valence-corrected chi connectivity index (χ2v) is 5.93. The standard InChI is InChI=1S/C17H25N3S/c1-5-13-11-14(20(6-2)19-13)12-16(18-3)15-9-7-8-10-17(15)21-4/h7-11,16,18H,5-6,12H2,1-4H3. The van der Waals surface area contributed by atoms with Crippen LogP contribution in [0.15, 0.2) is 35.2 Å². The molecule has 114 valence electrons. The number of nitrogens with zero attached hydrogens (tertiary/aromatic N) is 2. The molecule has 3 nitrogen and oxygen atoms in total. The van der Waals surface area contributed by atoms with E-state index in [-0.39, 0.29) is 0 Å². The lowest BCUT2D eigenvalue weighted by molar-refractivity contribution is 0.535. The molecular weight excluding hydrogens is 278 g/mol. The summed E-state index contributed by atoms with van der Waals surface area (Å²) < 4.78 is 2.13. The van der Waals surface area contributed by atoms with Crippen molar-refractivity contribution >= 4 is 11.8 Å². The summed E-state index contributed by atoms with van der Waals surface area (Å²) in [4.78, 5) is 1.34. The summed E-state index contributed by atoms with van der Waals surface area (Å²) in [5.41, 5.74) is 3.86. The fourth-order valence-electron chi connectivity index (χ4n) is 2.66. The van der Waals surface area contributed by atoms with Gasteiger partial charge in [-0.1, -0.05) is 25.1 Å². The third kappa shape index (κ3) is 3.69.